The number of anilines is 1. The molecule has 0 spiro atoms. The second-order valence-corrected chi connectivity index (χ2v) is 9.93. The van der Waals surface area contributed by atoms with Crippen molar-refractivity contribution in [2.24, 2.45) is 5.92 Å². The molecule has 1 unspecified atom stereocenters. The maximum Gasteiger partial charge on any atom is 0.225 e. The lowest BCUT2D eigenvalue weighted by Crippen LogP contribution is -2.49. The lowest BCUT2D eigenvalue weighted by Gasteiger charge is -2.36. The van der Waals surface area contributed by atoms with E-state index in [1.807, 2.05) is 12.3 Å². The van der Waals surface area contributed by atoms with Crippen molar-refractivity contribution in [2.75, 3.05) is 31.1 Å². The number of piperidine rings is 2. The zero-order valence-electron chi connectivity index (χ0n) is 20.6. The van der Waals surface area contributed by atoms with Crippen molar-refractivity contribution in [2.45, 2.75) is 45.2 Å². The third-order valence-electron chi connectivity index (χ3n) is 7.25. The second-order valence-electron chi connectivity index (χ2n) is 9.93. The fourth-order valence-corrected chi connectivity index (χ4v) is 5.16. The average Bonchev–Trinajstić information content (AvgIpc) is 2.91. The molecule has 35 heavy (non-hydrogen) atoms. The van der Waals surface area contributed by atoms with E-state index in [-0.39, 0.29) is 17.9 Å². The van der Waals surface area contributed by atoms with E-state index in [0.29, 0.717) is 6.54 Å². The normalized spacial score (nSPS) is 19.5. The zero-order valence-corrected chi connectivity index (χ0v) is 20.6. The van der Waals surface area contributed by atoms with E-state index >= 15 is 0 Å². The van der Waals surface area contributed by atoms with Crippen LogP contribution in [0.15, 0.2) is 66.9 Å². The molecular weight excluding hydrogens is 434 g/mol. The molecule has 2 saturated heterocycles. The highest BCUT2D eigenvalue weighted by molar-refractivity contribution is 5.80. The third kappa shape index (κ3) is 6.06. The molecule has 0 radical (unpaired) electrons. The van der Waals surface area contributed by atoms with Crippen molar-refractivity contribution < 1.29 is 4.79 Å². The van der Waals surface area contributed by atoms with E-state index in [1.54, 1.807) is 0 Å². The number of likely N-dealkylation sites (tertiary alicyclic amines) is 1. The highest BCUT2D eigenvalue weighted by Gasteiger charge is 2.29. The molecule has 0 saturated carbocycles. The summed E-state index contributed by atoms with van der Waals surface area (Å²) in [4.78, 5) is 27.2. The fraction of sp³-hybridized carbons (Fsp3) is 0.414. The SMILES string of the molecule is Cc1ccc(-c2nccc(N3CCCC(C(=O)NC4CCN(Cc5ccccc5)CC4)C3)n2)cc1. The number of aryl methyl sites for hydroxylation is 1. The van der Waals surface area contributed by atoms with Crippen LogP contribution < -0.4 is 10.2 Å². The maximum atomic E-state index is 13.2. The average molecular weight is 470 g/mol. The Morgan fingerprint density at radius 1 is 0.971 bits per heavy atom. The molecule has 0 bridgehead atoms. The summed E-state index contributed by atoms with van der Waals surface area (Å²) in [7, 11) is 0. The minimum Gasteiger partial charge on any atom is -0.356 e. The highest BCUT2D eigenvalue weighted by atomic mass is 16.2. The van der Waals surface area contributed by atoms with Crippen molar-refractivity contribution in [3.63, 3.8) is 0 Å². The van der Waals surface area contributed by atoms with Crippen LogP contribution in [0.5, 0.6) is 0 Å². The Hall–Kier alpha value is -3.25. The highest BCUT2D eigenvalue weighted by Crippen LogP contribution is 2.25. The summed E-state index contributed by atoms with van der Waals surface area (Å²) < 4.78 is 0. The summed E-state index contributed by atoms with van der Waals surface area (Å²) in [5, 5.41) is 3.36. The summed E-state index contributed by atoms with van der Waals surface area (Å²) in [6.45, 7) is 6.75. The van der Waals surface area contributed by atoms with Crippen LogP contribution in [-0.4, -0.2) is 53.0 Å². The predicted octanol–water partition coefficient (Wildman–Crippen LogP) is 4.45. The molecule has 3 aromatic rings. The number of nitrogens with one attached hydrogen (secondary N) is 1. The first-order chi connectivity index (χ1) is 17.1. The van der Waals surface area contributed by atoms with Gasteiger partial charge in [0.15, 0.2) is 5.82 Å². The number of rotatable bonds is 6. The van der Waals surface area contributed by atoms with Gasteiger partial charge in [0, 0.05) is 50.5 Å². The molecule has 2 aliphatic rings. The van der Waals surface area contributed by atoms with Crippen molar-refractivity contribution in [1.82, 2.24) is 20.2 Å². The van der Waals surface area contributed by atoms with Gasteiger partial charge < -0.3 is 10.2 Å². The Bertz CT molecular complexity index is 1110. The van der Waals surface area contributed by atoms with Crippen LogP contribution in [0.4, 0.5) is 5.82 Å². The van der Waals surface area contributed by atoms with Gasteiger partial charge in [-0.2, -0.15) is 0 Å². The molecule has 2 aliphatic heterocycles. The first-order valence-corrected chi connectivity index (χ1v) is 12.9. The standard InChI is InChI=1S/C29H35N5O/c1-22-9-11-24(12-10-22)28-30-16-13-27(32-28)34-17-5-8-25(21-34)29(35)31-26-14-18-33(19-15-26)20-23-6-3-2-4-7-23/h2-4,6-7,9-13,16,25-26H,5,8,14-15,17-21H2,1H3,(H,31,35). The molecule has 6 heteroatoms. The van der Waals surface area contributed by atoms with E-state index in [9.17, 15) is 4.79 Å². The number of amides is 1. The van der Waals surface area contributed by atoms with Gasteiger partial charge in [0.2, 0.25) is 5.91 Å². The lowest BCUT2D eigenvalue weighted by atomic mass is 9.95. The fourth-order valence-electron chi connectivity index (χ4n) is 5.16. The first kappa shape index (κ1) is 23.5. The maximum absolute atomic E-state index is 13.2. The molecule has 6 nitrogen and oxygen atoms in total. The smallest absolute Gasteiger partial charge is 0.225 e. The monoisotopic (exact) mass is 469 g/mol. The van der Waals surface area contributed by atoms with Gasteiger partial charge in [-0.25, -0.2) is 9.97 Å². The number of carbonyl (C=O) groups excluding carboxylic acids is 1. The summed E-state index contributed by atoms with van der Waals surface area (Å²) in [6, 6.07) is 21.1. The van der Waals surface area contributed by atoms with Crippen LogP contribution >= 0.6 is 0 Å². The van der Waals surface area contributed by atoms with Crippen molar-refractivity contribution in [1.29, 1.82) is 0 Å². The van der Waals surface area contributed by atoms with Crippen molar-refractivity contribution in [3.8, 4) is 11.4 Å². The number of nitrogens with zero attached hydrogens (tertiary/aromatic N) is 4. The number of benzene rings is 2. The molecule has 2 aromatic carbocycles. The Kier molecular flexibility index (Phi) is 7.38. The molecule has 1 aromatic heterocycles. The van der Waals surface area contributed by atoms with Crippen molar-refractivity contribution >= 4 is 11.7 Å². The van der Waals surface area contributed by atoms with Crippen LogP contribution in [0, 0.1) is 12.8 Å². The van der Waals surface area contributed by atoms with E-state index in [2.05, 4.69) is 81.6 Å². The summed E-state index contributed by atoms with van der Waals surface area (Å²) >= 11 is 0. The van der Waals surface area contributed by atoms with Gasteiger partial charge in [0.05, 0.1) is 5.92 Å². The van der Waals surface area contributed by atoms with E-state index in [4.69, 9.17) is 4.98 Å². The first-order valence-electron chi connectivity index (χ1n) is 12.9. The molecule has 1 atom stereocenters. The minimum absolute atomic E-state index is 0.00360. The quantitative estimate of drug-likeness (QED) is 0.578. The van der Waals surface area contributed by atoms with Gasteiger partial charge in [-0.3, -0.25) is 9.69 Å². The van der Waals surface area contributed by atoms with Crippen LogP contribution in [0.1, 0.15) is 36.8 Å². The molecule has 2 fully saturated rings. The molecule has 1 N–H and O–H groups in total. The minimum atomic E-state index is 0.00360. The van der Waals surface area contributed by atoms with Gasteiger partial charge >= 0.3 is 0 Å². The Morgan fingerprint density at radius 2 is 1.74 bits per heavy atom. The number of hydrogen-bond acceptors (Lipinski definition) is 5. The molecular formula is C29H35N5O. The van der Waals surface area contributed by atoms with Gasteiger partial charge in [-0.1, -0.05) is 60.2 Å². The van der Waals surface area contributed by atoms with Crippen molar-refractivity contribution in [3.05, 3.63) is 78.0 Å². The van der Waals surface area contributed by atoms with E-state index in [0.717, 1.165) is 69.1 Å². The number of aromatic nitrogens is 2. The van der Waals surface area contributed by atoms with Gasteiger partial charge in [0.1, 0.15) is 5.82 Å². The van der Waals surface area contributed by atoms with E-state index < -0.39 is 0 Å². The Balaban J connectivity index is 1.14. The van der Waals surface area contributed by atoms with Gasteiger partial charge in [0.25, 0.3) is 0 Å². The topological polar surface area (TPSA) is 61.4 Å². The molecule has 1 amide bonds. The predicted molar refractivity (Wildman–Crippen MR) is 140 cm³/mol. The van der Waals surface area contributed by atoms with Crippen LogP contribution in [0.25, 0.3) is 11.4 Å². The molecule has 182 valence electrons. The van der Waals surface area contributed by atoms with Crippen LogP contribution in [-0.2, 0) is 11.3 Å². The third-order valence-corrected chi connectivity index (χ3v) is 7.25. The van der Waals surface area contributed by atoms with Crippen LogP contribution in [0.2, 0.25) is 0 Å². The lowest BCUT2D eigenvalue weighted by molar-refractivity contribution is -0.126. The largest absolute Gasteiger partial charge is 0.356 e. The number of carbonyl (C=O) groups is 1. The number of hydrogen-bond donors (Lipinski definition) is 1. The van der Waals surface area contributed by atoms with Gasteiger partial charge in [-0.05, 0) is 44.2 Å². The Morgan fingerprint density at radius 3 is 2.51 bits per heavy atom. The summed E-state index contributed by atoms with van der Waals surface area (Å²) in [5.74, 6) is 1.84. The molecule has 0 aliphatic carbocycles. The summed E-state index contributed by atoms with van der Waals surface area (Å²) in [6.07, 6.45) is 5.79. The summed E-state index contributed by atoms with van der Waals surface area (Å²) in [5.41, 5.74) is 3.59. The van der Waals surface area contributed by atoms with Crippen LogP contribution in [0.3, 0.4) is 0 Å². The van der Waals surface area contributed by atoms with Gasteiger partial charge in [-0.15, -0.1) is 0 Å². The Labute approximate surface area is 208 Å². The molecule has 3 heterocycles. The second kappa shape index (κ2) is 11.0. The zero-order chi connectivity index (χ0) is 24.0. The molecule has 5 rings (SSSR count). The van der Waals surface area contributed by atoms with E-state index in [1.165, 1.54) is 11.1 Å².